The number of fused-ring (bicyclic) bond motifs is 1. The molecule has 232 valence electrons. The molecule has 2 heterocycles. The standard InChI is InChI=1S/C33H33F6N5/c1-3-20-15-40-31(41-16-20)44(17-21-11-26(32(34,35)36)14-27(12-21)33(37,38)39)18-25-13-24-6-4-5-19(2)28(24)42-30(25)43-29(22-7-8-22)23-9-10-23/h4-6,11-16,22-23,29H,3,7-10,17-18H2,1-2H3,(H,42,43). The van der Waals surface area contributed by atoms with Crippen molar-refractivity contribution < 1.29 is 26.3 Å². The molecule has 0 radical (unpaired) electrons. The molecule has 11 heteroatoms. The van der Waals surface area contributed by atoms with Gasteiger partial charge in [-0.2, -0.15) is 26.3 Å². The van der Waals surface area contributed by atoms with Gasteiger partial charge in [-0.05, 0) is 91.8 Å². The van der Waals surface area contributed by atoms with E-state index in [-0.39, 0.29) is 36.7 Å². The van der Waals surface area contributed by atoms with E-state index in [0.717, 1.165) is 65.4 Å². The fraction of sp³-hybridized carbons (Fsp3) is 0.424. The van der Waals surface area contributed by atoms with E-state index in [2.05, 4.69) is 15.3 Å². The molecule has 2 aliphatic carbocycles. The lowest BCUT2D eigenvalue weighted by Gasteiger charge is -2.27. The number of hydrogen-bond donors (Lipinski definition) is 1. The van der Waals surface area contributed by atoms with Gasteiger partial charge in [-0.3, -0.25) is 0 Å². The van der Waals surface area contributed by atoms with Crippen LogP contribution in [0.4, 0.5) is 38.1 Å². The van der Waals surface area contributed by atoms with Crippen LogP contribution < -0.4 is 10.2 Å². The summed E-state index contributed by atoms with van der Waals surface area (Å²) in [5, 5.41) is 4.60. The summed E-state index contributed by atoms with van der Waals surface area (Å²) in [5.41, 5.74) is 0.605. The summed E-state index contributed by atoms with van der Waals surface area (Å²) in [6, 6.07) is 9.80. The fourth-order valence-corrected chi connectivity index (χ4v) is 5.75. The zero-order valence-electron chi connectivity index (χ0n) is 24.4. The lowest BCUT2D eigenvalue weighted by Crippen LogP contribution is -2.28. The Morgan fingerprint density at radius 1 is 0.841 bits per heavy atom. The number of para-hydroxylation sites is 1. The highest BCUT2D eigenvalue weighted by molar-refractivity contribution is 5.84. The second kappa shape index (κ2) is 11.6. The third-order valence-electron chi connectivity index (χ3n) is 8.45. The zero-order valence-corrected chi connectivity index (χ0v) is 24.4. The largest absolute Gasteiger partial charge is 0.416 e. The Labute approximate surface area is 251 Å². The van der Waals surface area contributed by atoms with Crippen LogP contribution in [0.3, 0.4) is 0 Å². The van der Waals surface area contributed by atoms with Gasteiger partial charge in [-0.15, -0.1) is 0 Å². The van der Waals surface area contributed by atoms with Crippen LogP contribution in [0.1, 0.15) is 66.0 Å². The van der Waals surface area contributed by atoms with Crippen molar-refractivity contribution in [1.29, 1.82) is 0 Å². The highest BCUT2D eigenvalue weighted by Crippen LogP contribution is 2.46. The van der Waals surface area contributed by atoms with Crippen molar-refractivity contribution in [2.24, 2.45) is 11.8 Å². The van der Waals surface area contributed by atoms with E-state index in [9.17, 15) is 26.3 Å². The number of nitrogens with zero attached hydrogens (tertiary/aromatic N) is 4. The number of alkyl halides is 6. The molecule has 2 aromatic heterocycles. The summed E-state index contributed by atoms with van der Waals surface area (Å²) >= 11 is 0. The fourth-order valence-electron chi connectivity index (χ4n) is 5.75. The smallest absolute Gasteiger partial charge is 0.366 e. The van der Waals surface area contributed by atoms with Crippen molar-refractivity contribution in [3.8, 4) is 0 Å². The normalized spacial score (nSPS) is 15.7. The summed E-state index contributed by atoms with van der Waals surface area (Å²) in [6.07, 6.45) is -1.37. The average molecular weight is 614 g/mol. The topological polar surface area (TPSA) is 53.9 Å². The Hall–Kier alpha value is -3.89. The molecule has 6 rings (SSSR count). The lowest BCUT2D eigenvalue weighted by molar-refractivity contribution is -0.143. The summed E-state index contributed by atoms with van der Waals surface area (Å²) in [7, 11) is 0. The first-order valence-electron chi connectivity index (χ1n) is 14.9. The molecule has 1 N–H and O–H groups in total. The molecule has 0 atom stereocenters. The molecule has 0 saturated heterocycles. The molecule has 2 fully saturated rings. The van der Waals surface area contributed by atoms with Gasteiger partial charge in [0.15, 0.2) is 0 Å². The van der Waals surface area contributed by atoms with Crippen LogP contribution in [-0.2, 0) is 31.9 Å². The van der Waals surface area contributed by atoms with Crippen molar-refractivity contribution >= 4 is 22.7 Å². The molecule has 2 saturated carbocycles. The highest BCUT2D eigenvalue weighted by Gasteiger charge is 2.42. The van der Waals surface area contributed by atoms with Gasteiger partial charge in [-0.1, -0.05) is 25.1 Å². The van der Waals surface area contributed by atoms with E-state index in [1.165, 1.54) is 0 Å². The van der Waals surface area contributed by atoms with Crippen LogP contribution >= 0.6 is 0 Å². The minimum Gasteiger partial charge on any atom is -0.366 e. The predicted molar refractivity (Wildman–Crippen MR) is 157 cm³/mol. The van der Waals surface area contributed by atoms with E-state index < -0.39 is 23.5 Å². The van der Waals surface area contributed by atoms with E-state index in [4.69, 9.17) is 4.98 Å². The monoisotopic (exact) mass is 613 g/mol. The van der Waals surface area contributed by atoms with Crippen molar-refractivity contribution in [1.82, 2.24) is 15.0 Å². The predicted octanol–water partition coefficient (Wildman–Crippen LogP) is 8.74. The van der Waals surface area contributed by atoms with E-state index >= 15 is 0 Å². The van der Waals surface area contributed by atoms with Gasteiger partial charge < -0.3 is 10.2 Å². The molecule has 0 bridgehead atoms. The Balaban J connectivity index is 1.43. The van der Waals surface area contributed by atoms with E-state index in [0.29, 0.717) is 24.1 Å². The molecule has 0 spiro atoms. The number of benzene rings is 2. The summed E-state index contributed by atoms with van der Waals surface area (Å²) < 4.78 is 82.2. The molecular formula is C33H33F6N5. The molecular weight excluding hydrogens is 580 g/mol. The maximum Gasteiger partial charge on any atom is 0.416 e. The zero-order chi connectivity index (χ0) is 31.2. The number of aryl methyl sites for hydroxylation is 2. The first-order valence-corrected chi connectivity index (χ1v) is 14.9. The van der Waals surface area contributed by atoms with Crippen molar-refractivity contribution in [2.75, 3.05) is 10.2 Å². The summed E-state index contributed by atoms with van der Waals surface area (Å²) in [5.74, 6) is 2.00. The maximum absolute atomic E-state index is 13.7. The maximum atomic E-state index is 13.7. The second-order valence-corrected chi connectivity index (χ2v) is 12.0. The van der Waals surface area contributed by atoms with Crippen molar-refractivity contribution in [3.05, 3.63) is 88.2 Å². The van der Waals surface area contributed by atoms with Gasteiger partial charge in [0, 0.05) is 42.5 Å². The van der Waals surface area contributed by atoms with Gasteiger partial charge in [-0.25, -0.2) is 15.0 Å². The number of halogens is 6. The molecule has 0 amide bonds. The van der Waals surface area contributed by atoms with E-state index in [1.54, 1.807) is 17.3 Å². The van der Waals surface area contributed by atoms with Crippen molar-refractivity contribution in [3.63, 3.8) is 0 Å². The summed E-state index contributed by atoms with van der Waals surface area (Å²) in [6.45, 7) is 3.76. The van der Waals surface area contributed by atoms with Gasteiger partial charge in [0.25, 0.3) is 0 Å². The Bertz CT molecular complexity index is 1600. The van der Waals surface area contributed by atoms with Gasteiger partial charge in [0.1, 0.15) is 5.82 Å². The van der Waals surface area contributed by atoms with Gasteiger partial charge in [0.2, 0.25) is 5.95 Å². The molecule has 2 aliphatic rings. The van der Waals surface area contributed by atoms with E-state index in [1.807, 2.05) is 38.1 Å². The van der Waals surface area contributed by atoms with Crippen LogP contribution in [0.25, 0.3) is 10.9 Å². The Morgan fingerprint density at radius 2 is 1.45 bits per heavy atom. The quantitative estimate of drug-likeness (QED) is 0.181. The number of rotatable bonds is 10. The first kappa shape index (κ1) is 30.1. The number of nitrogens with one attached hydrogen (secondary N) is 1. The Kier molecular flexibility index (Phi) is 7.92. The Morgan fingerprint density at radius 3 is 2.00 bits per heavy atom. The van der Waals surface area contributed by atoms with Crippen LogP contribution in [0.2, 0.25) is 0 Å². The van der Waals surface area contributed by atoms with Crippen molar-refractivity contribution in [2.45, 2.75) is 77.4 Å². The minimum atomic E-state index is -4.95. The number of pyridine rings is 1. The highest BCUT2D eigenvalue weighted by atomic mass is 19.4. The van der Waals surface area contributed by atoms with Crippen LogP contribution in [0.5, 0.6) is 0 Å². The van der Waals surface area contributed by atoms with Crippen LogP contribution in [-0.4, -0.2) is 21.0 Å². The molecule has 44 heavy (non-hydrogen) atoms. The molecule has 0 unspecified atom stereocenters. The second-order valence-electron chi connectivity index (χ2n) is 12.0. The number of anilines is 2. The molecule has 0 aliphatic heterocycles. The molecule has 5 nitrogen and oxygen atoms in total. The molecule has 4 aromatic rings. The summed E-state index contributed by atoms with van der Waals surface area (Å²) in [4.78, 5) is 15.6. The minimum absolute atomic E-state index is 0.115. The molecule has 2 aromatic carbocycles. The van der Waals surface area contributed by atoms with Gasteiger partial charge >= 0.3 is 12.4 Å². The van der Waals surface area contributed by atoms with Crippen LogP contribution in [0, 0.1) is 18.8 Å². The SMILES string of the molecule is CCc1cnc(N(Cc2cc(C(F)(F)F)cc(C(F)(F)F)c2)Cc2cc3cccc(C)c3nc2NC(C2CC2)C2CC2)nc1. The first-order chi connectivity index (χ1) is 20.9. The van der Waals surface area contributed by atoms with Crippen LogP contribution in [0.15, 0.2) is 54.9 Å². The number of hydrogen-bond acceptors (Lipinski definition) is 5. The third kappa shape index (κ3) is 6.76. The average Bonchev–Trinajstić information content (AvgIpc) is 3.90. The lowest BCUT2D eigenvalue weighted by atomic mass is 10.0. The van der Waals surface area contributed by atoms with Gasteiger partial charge in [0.05, 0.1) is 16.6 Å². The third-order valence-corrected chi connectivity index (χ3v) is 8.45. The number of aromatic nitrogens is 3.